The molecule has 0 amide bonds. The Morgan fingerprint density at radius 1 is 1.32 bits per heavy atom. The highest BCUT2D eigenvalue weighted by Gasteiger charge is 2.18. The zero-order valence-corrected chi connectivity index (χ0v) is 13.6. The minimum absolute atomic E-state index is 0.0707. The summed E-state index contributed by atoms with van der Waals surface area (Å²) in [6.45, 7) is 3.21. The zero-order chi connectivity index (χ0) is 13.8. The predicted molar refractivity (Wildman–Crippen MR) is 86.6 cm³/mol. The molecule has 0 saturated heterocycles. The Hall–Kier alpha value is -0.540. The first-order chi connectivity index (χ1) is 9.08. The lowest BCUT2D eigenvalue weighted by molar-refractivity contribution is 0.362. The maximum absolute atomic E-state index is 6.11. The molecule has 2 rings (SSSR count). The molecule has 1 atom stereocenters. The van der Waals surface area contributed by atoms with Gasteiger partial charge in [0.2, 0.25) is 0 Å². The molecule has 1 unspecified atom stereocenters. The second-order valence-corrected chi connectivity index (χ2v) is 6.79. The van der Waals surface area contributed by atoms with Gasteiger partial charge in [0, 0.05) is 29.8 Å². The van der Waals surface area contributed by atoms with Crippen molar-refractivity contribution in [1.82, 2.24) is 0 Å². The highest BCUT2D eigenvalue weighted by Crippen LogP contribution is 2.30. The SMILES string of the molecule is CC(N)c1cc(Br)ccc1N(C)CC1CCCCC1. The van der Waals surface area contributed by atoms with Crippen LogP contribution in [0.15, 0.2) is 22.7 Å². The molecule has 2 nitrogen and oxygen atoms in total. The highest BCUT2D eigenvalue weighted by molar-refractivity contribution is 9.10. The standard InChI is InChI=1S/C16H25BrN2/c1-12(18)15-10-14(17)8-9-16(15)19(2)11-13-6-4-3-5-7-13/h8-10,12-13H,3-7,11,18H2,1-2H3. The average molecular weight is 325 g/mol. The normalized spacial score (nSPS) is 18.3. The van der Waals surface area contributed by atoms with E-state index in [4.69, 9.17) is 5.73 Å². The molecule has 0 aliphatic heterocycles. The van der Waals surface area contributed by atoms with Crippen LogP contribution in [0, 0.1) is 5.92 Å². The van der Waals surface area contributed by atoms with Gasteiger partial charge in [0.1, 0.15) is 0 Å². The summed E-state index contributed by atoms with van der Waals surface area (Å²) < 4.78 is 1.11. The van der Waals surface area contributed by atoms with E-state index in [1.54, 1.807) is 0 Å². The van der Waals surface area contributed by atoms with Gasteiger partial charge in [0.25, 0.3) is 0 Å². The molecule has 1 aliphatic rings. The van der Waals surface area contributed by atoms with E-state index in [-0.39, 0.29) is 6.04 Å². The number of benzene rings is 1. The van der Waals surface area contributed by atoms with Gasteiger partial charge in [-0.15, -0.1) is 0 Å². The summed E-state index contributed by atoms with van der Waals surface area (Å²) in [4.78, 5) is 2.39. The summed E-state index contributed by atoms with van der Waals surface area (Å²) in [7, 11) is 2.20. The lowest BCUT2D eigenvalue weighted by Crippen LogP contribution is -2.28. The van der Waals surface area contributed by atoms with E-state index >= 15 is 0 Å². The van der Waals surface area contributed by atoms with Gasteiger partial charge >= 0.3 is 0 Å². The molecule has 1 fully saturated rings. The quantitative estimate of drug-likeness (QED) is 0.884. The molecule has 19 heavy (non-hydrogen) atoms. The summed E-state index contributed by atoms with van der Waals surface area (Å²) in [6.07, 6.45) is 6.99. The summed E-state index contributed by atoms with van der Waals surface area (Å²) in [5.41, 5.74) is 8.62. The van der Waals surface area contributed by atoms with Gasteiger partial charge in [-0.1, -0.05) is 35.2 Å². The summed E-state index contributed by atoms with van der Waals surface area (Å²) in [6, 6.07) is 6.52. The second-order valence-electron chi connectivity index (χ2n) is 5.88. The van der Waals surface area contributed by atoms with Crippen molar-refractivity contribution in [2.24, 2.45) is 11.7 Å². The van der Waals surface area contributed by atoms with Crippen LogP contribution >= 0.6 is 15.9 Å². The first-order valence-corrected chi connectivity index (χ1v) is 8.13. The van der Waals surface area contributed by atoms with Crippen LogP contribution in [0.1, 0.15) is 50.6 Å². The predicted octanol–water partition coefficient (Wildman–Crippen LogP) is 4.49. The molecule has 0 spiro atoms. The zero-order valence-electron chi connectivity index (χ0n) is 12.0. The van der Waals surface area contributed by atoms with Gasteiger partial charge in [-0.05, 0) is 49.4 Å². The minimum atomic E-state index is 0.0707. The first kappa shape index (κ1) is 14.9. The van der Waals surface area contributed by atoms with E-state index in [1.165, 1.54) is 43.4 Å². The van der Waals surface area contributed by atoms with Gasteiger partial charge < -0.3 is 10.6 Å². The smallest absolute Gasteiger partial charge is 0.0412 e. The van der Waals surface area contributed by atoms with Gasteiger partial charge in [-0.2, -0.15) is 0 Å². The molecule has 3 heteroatoms. The van der Waals surface area contributed by atoms with Crippen molar-refractivity contribution in [3.63, 3.8) is 0 Å². The molecule has 106 valence electrons. The van der Waals surface area contributed by atoms with Crippen molar-refractivity contribution in [2.45, 2.75) is 45.1 Å². The molecule has 1 aromatic carbocycles. The summed E-state index contributed by atoms with van der Waals surface area (Å²) in [5.74, 6) is 0.850. The molecule has 0 bridgehead atoms. The molecule has 1 saturated carbocycles. The van der Waals surface area contributed by atoms with Crippen molar-refractivity contribution >= 4 is 21.6 Å². The Balaban J connectivity index is 2.11. The maximum atomic E-state index is 6.11. The lowest BCUT2D eigenvalue weighted by atomic mass is 9.89. The van der Waals surface area contributed by atoms with E-state index < -0.39 is 0 Å². The van der Waals surface area contributed by atoms with Crippen LogP contribution in [-0.4, -0.2) is 13.6 Å². The van der Waals surface area contributed by atoms with Crippen LogP contribution in [0.3, 0.4) is 0 Å². The first-order valence-electron chi connectivity index (χ1n) is 7.34. The molecule has 2 N–H and O–H groups in total. The van der Waals surface area contributed by atoms with E-state index in [0.29, 0.717) is 0 Å². The fourth-order valence-electron chi connectivity index (χ4n) is 3.09. The molecule has 0 radical (unpaired) electrons. The Kier molecular flexibility index (Phi) is 5.28. The van der Waals surface area contributed by atoms with Crippen LogP contribution < -0.4 is 10.6 Å². The van der Waals surface area contributed by atoms with Crippen molar-refractivity contribution in [3.8, 4) is 0 Å². The Morgan fingerprint density at radius 3 is 2.63 bits per heavy atom. The van der Waals surface area contributed by atoms with Crippen molar-refractivity contribution in [2.75, 3.05) is 18.5 Å². The van der Waals surface area contributed by atoms with Gasteiger partial charge in [-0.3, -0.25) is 0 Å². The molecular formula is C16H25BrN2. The molecule has 1 aromatic rings. The number of hydrogen-bond donors (Lipinski definition) is 1. The molecular weight excluding hydrogens is 300 g/mol. The van der Waals surface area contributed by atoms with Crippen LogP contribution in [0.25, 0.3) is 0 Å². The third-order valence-corrected chi connectivity index (χ3v) is 4.64. The monoisotopic (exact) mass is 324 g/mol. The number of rotatable bonds is 4. The number of hydrogen-bond acceptors (Lipinski definition) is 2. The maximum Gasteiger partial charge on any atom is 0.0412 e. The van der Waals surface area contributed by atoms with Crippen molar-refractivity contribution in [1.29, 1.82) is 0 Å². The fourth-order valence-corrected chi connectivity index (χ4v) is 3.47. The van der Waals surface area contributed by atoms with Crippen LogP contribution in [0.5, 0.6) is 0 Å². The topological polar surface area (TPSA) is 29.3 Å². The molecule has 0 aromatic heterocycles. The van der Waals surface area contributed by atoms with E-state index in [1.807, 2.05) is 0 Å². The number of anilines is 1. The third-order valence-electron chi connectivity index (χ3n) is 4.15. The highest BCUT2D eigenvalue weighted by atomic mass is 79.9. The Labute approximate surface area is 125 Å². The van der Waals surface area contributed by atoms with Crippen LogP contribution in [0.4, 0.5) is 5.69 Å². The Morgan fingerprint density at radius 2 is 2.00 bits per heavy atom. The van der Waals surface area contributed by atoms with Gasteiger partial charge in [0.05, 0.1) is 0 Å². The molecule has 0 heterocycles. The van der Waals surface area contributed by atoms with Crippen LogP contribution in [0.2, 0.25) is 0 Å². The largest absolute Gasteiger partial charge is 0.374 e. The van der Waals surface area contributed by atoms with E-state index in [9.17, 15) is 0 Å². The van der Waals surface area contributed by atoms with Crippen molar-refractivity contribution in [3.05, 3.63) is 28.2 Å². The van der Waals surface area contributed by atoms with E-state index in [2.05, 4.69) is 53.0 Å². The molecule has 1 aliphatic carbocycles. The second kappa shape index (κ2) is 6.76. The van der Waals surface area contributed by atoms with Crippen LogP contribution in [-0.2, 0) is 0 Å². The average Bonchev–Trinajstić information content (AvgIpc) is 2.39. The summed E-state index contributed by atoms with van der Waals surface area (Å²) in [5, 5.41) is 0. The lowest BCUT2D eigenvalue weighted by Gasteiger charge is -2.30. The van der Waals surface area contributed by atoms with Gasteiger partial charge in [-0.25, -0.2) is 0 Å². The number of halogens is 1. The van der Waals surface area contributed by atoms with E-state index in [0.717, 1.165) is 16.9 Å². The fraction of sp³-hybridized carbons (Fsp3) is 0.625. The number of nitrogens with two attached hydrogens (primary N) is 1. The summed E-state index contributed by atoms with van der Waals surface area (Å²) >= 11 is 3.54. The minimum Gasteiger partial charge on any atom is -0.374 e. The van der Waals surface area contributed by atoms with Crippen molar-refractivity contribution < 1.29 is 0 Å². The van der Waals surface area contributed by atoms with Gasteiger partial charge in [0.15, 0.2) is 0 Å². The number of nitrogens with zero attached hydrogens (tertiary/aromatic N) is 1. The third kappa shape index (κ3) is 3.96. The Bertz CT molecular complexity index is 411.